The Bertz CT molecular complexity index is 4390. The van der Waals surface area contributed by atoms with Crippen molar-refractivity contribution in [3.8, 4) is 22.3 Å². The predicted molar refractivity (Wildman–Crippen MR) is 507 cm³/mol. The lowest BCUT2D eigenvalue weighted by Gasteiger charge is -2.64. The maximum Gasteiger partial charge on any atom is 0.221 e. The molecule has 15 aliphatic rings. The van der Waals surface area contributed by atoms with Gasteiger partial charge in [0.15, 0.2) is 6.71 Å². The molecule has 10 saturated carbocycles. The molecule has 3 saturated heterocycles. The molecule has 4 aliphatic heterocycles. The van der Waals surface area contributed by atoms with Crippen LogP contribution in [0, 0.1) is 58.7 Å². The van der Waals surface area contributed by atoms with E-state index in [0.29, 0.717) is 52.3 Å². The van der Waals surface area contributed by atoms with Crippen LogP contribution in [0.5, 0.6) is 0 Å². The SMILES string of the molecule is CC(C)(C)c1ccc(-c2cccc(C3CCC(C(C)(C)C)CC3)c2N2C3=CC4SC5CC(N(C6CCC(C7CCCCC7)CC6)C6CCC(C7CCCCC7)CC6)CC6CC7CCCCC7B(C4C=C3B3c4ccccc4N(c4ccccc4)C4CC(N(c7ccc(-c8ccccc8)cc7)C7CCC(C8CCCCC8)CC7)CC2C34)C65)cc1. The number of thioether (sulfide) groups is 1. The fourth-order valence-electron chi connectivity index (χ4n) is 31.5. The van der Waals surface area contributed by atoms with Gasteiger partial charge in [0.05, 0.1) is 5.69 Å². The summed E-state index contributed by atoms with van der Waals surface area (Å²) in [6, 6.07) is 65.6. The molecule has 13 fully saturated rings. The minimum atomic E-state index is 0.0570. The fourth-order valence-corrected chi connectivity index (χ4v) is 33.5. The highest BCUT2D eigenvalue weighted by atomic mass is 32.2. The van der Waals surface area contributed by atoms with Gasteiger partial charge in [-0.25, -0.2) is 0 Å². The molecule has 21 rings (SSSR count). The smallest absolute Gasteiger partial charge is 0.221 e. The van der Waals surface area contributed by atoms with Crippen LogP contribution in [0.3, 0.4) is 0 Å². The first kappa shape index (κ1) is 79.8. The number of anilines is 4. The summed E-state index contributed by atoms with van der Waals surface area (Å²) >= 11 is 2.62. The van der Waals surface area contributed by atoms with Crippen LogP contribution in [-0.4, -0.2) is 71.1 Å². The maximum absolute atomic E-state index is 3.50. The second kappa shape index (κ2) is 33.9. The van der Waals surface area contributed by atoms with Gasteiger partial charge in [0, 0.05) is 81.1 Å². The largest absolute Gasteiger partial charge is 0.365 e. The van der Waals surface area contributed by atoms with Gasteiger partial charge in [-0.3, -0.25) is 4.90 Å². The third kappa shape index (κ3) is 15.3. The van der Waals surface area contributed by atoms with Crippen molar-refractivity contribution in [2.24, 2.45) is 58.7 Å². The summed E-state index contributed by atoms with van der Waals surface area (Å²) in [5.41, 5.74) is 19.9. The molecule has 7 heteroatoms. The van der Waals surface area contributed by atoms with Gasteiger partial charge >= 0.3 is 0 Å². The van der Waals surface area contributed by atoms with E-state index in [9.17, 15) is 0 Å². The molecule has 4 heterocycles. The van der Waals surface area contributed by atoms with E-state index in [-0.39, 0.29) is 17.5 Å². The molecule has 0 bridgehead atoms. The molecular weight excluding hydrogens is 1440 g/mol. The minimum absolute atomic E-state index is 0.0570. The molecule has 0 N–H and O–H groups in total. The molecule has 11 aliphatic carbocycles. The van der Waals surface area contributed by atoms with Crippen LogP contribution in [0.1, 0.15) is 315 Å². The van der Waals surface area contributed by atoms with E-state index in [2.05, 4.69) is 237 Å². The standard InChI is InChI=1S/C111H148B2N4S/c1-110(2,3)86-55-43-82(44-56-86)95-38-26-39-96(83-45-57-87(58-46-83)111(4,5)6)109(95)117-102-73-105-100(112-97-40-23-22-35-84(97)67-85-68-93(71-106(118-105)107(85)112)114(89-59-47-78(48-60-89)74-27-12-7-13-28-74)90-61-49-79(50-62-90)75-29-14-8-15-30-75)72-99(102)113-98-41-24-25-42-101(98)116(88-36-20-11-21-37-88)103-69-94(70-104(117)108(103)113)115(91-63-51-80(52-64-91)76-31-16-9-17-32-76)92-65-53-81(54-66-92)77-33-18-10-19-34-77/h9,11,16-17,20-21,24-26,31-32,36-39,41-44,51-52,55-56,63-64,72-75,77-79,81,83-85,87,89-90,92-94,97,100,103-108H,7-8,10,12-15,18-19,22-23,27-30,33-35,40,45-50,53-54,57-62,65-71H2,1-6H3. The van der Waals surface area contributed by atoms with E-state index in [1.165, 1.54) is 289 Å². The van der Waals surface area contributed by atoms with Crippen LogP contribution in [-0.2, 0) is 5.41 Å². The lowest BCUT2D eigenvalue weighted by atomic mass is 9.18. The number of nitrogens with zero attached hydrogens (tertiary/aromatic N) is 4. The predicted octanol–water partition coefficient (Wildman–Crippen LogP) is 29.3. The number of allylic oxidation sites excluding steroid dienone is 2. The molecule has 4 nitrogen and oxygen atoms in total. The zero-order valence-corrected chi connectivity index (χ0v) is 74.8. The van der Waals surface area contributed by atoms with E-state index >= 15 is 0 Å². The third-order valence-electron chi connectivity index (χ3n) is 37.1. The lowest BCUT2D eigenvalue weighted by Crippen LogP contribution is -2.69. The number of para-hydroxylation sites is 3. The molecule has 118 heavy (non-hydrogen) atoms. The van der Waals surface area contributed by atoms with Crippen molar-refractivity contribution in [2.75, 3.05) is 14.7 Å². The zero-order valence-electron chi connectivity index (χ0n) is 74.0. The Morgan fingerprint density at radius 1 is 0.390 bits per heavy atom. The van der Waals surface area contributed by atoms with Crippen LogP contribution in [0.2, 0.25) is 23.3 Å². The number of fused-ring (bicyclic) bond motifs is 8. The Morgan fingerprint density at radius 2 is 0.924 bits per heavy atom. The highest BCUT2D eigenvalue weighted by Crippen LogP contribution is 2.68. The van der Waals surface area contributed by atoms with Gasteiger partial charge < -0.3 is 14.7 Å². The summed E-state index contributed by atoms with van der Waals surface area (Å²) in [4.78, 5) is 13.0. The lowest BCUT2D eigenvalue weighted by molar-refractivity contribution is -0.0118. The van der Waals surface area contributed by atoms with Crippen molar-refractivity contribution in [1.29, 1.82) is 0 Å². The first-order chi connectivity index (χ1) is 57.8. The Kier molecular flexibility index (Phi) is 23.0. The monoisotopic (exact) mass is 1590 g/mol. The molecule has 12 unspecified atom stereocenters. The van der Waals surface area contributed by atoms with Crippen molar-refractivity contribution < 1.29 is 0 Å². The van der Waals surface area contributed by atoms with Crippen LogP contribution in [0.4, 0.5) is 22.7 Å². The van der Waals surface area contributed by atoms with Crippen LogP contribution >= 0.6 is 11.8 Å². The van der Waals surface area contributed by atoms with Crippen LogP contribution < -0.4 is 20.2 Å². The number of benzene rings is 6. The minimum Gasteiger partial charge on any atom is -0.365 e. The summed E-state index contributed by atoms with van der Waals surface area (Å²) < 4.78 is 0. The highest BCUT2D eigenvalue weighted by Gasteiger charge is 2.64. The first-order valence-corrected chi connectivity index (χ1v) is 51.5. The summed E-state index contributed by atoms with van der Waals surface area (Å²) in [6.07, 6.45) is 63.8. The number of hydrogen-bond acceptors (Lipinski definition) is 5. The van der Waals surface area contributed by atoms with Gasteiger partial charge in [0.25, 0.3) is 0 Å². The van der Waals surface area contributed by atoms with Gasteiger partial charge in [-0.15, -0.1) is 0 Å². The zero-order chi connectivity index (χ0) is 79.3. The van der Waals surface area contributed by atoms with Crippen molar-refractivity contribution in [1.82, 2.24) is 4.90 Å². The van der Waals surface area contributed by atoms with Crippen LogP contribution in [0.15, 0.2) is 175 Å². The van der Waals surface area contributed by atoms with E-state index in [0.717, 1.165) is 103 Å². The molecule has 0 aromatic heterocycles. The average Bonchev–Trinajstić information content (AvgIpc) is 0.684. The van der Waals surface area contributed by atoms with E-state index < -0.39 is 0 Å². The van der Waals surface area contributed by atoms with E-state index in [4.69, 9.17) is 0 Å². The normalized spacial score (nSPS) is 34.8. The summed E-state index contributed by atoms with van der Waals surface area (Å²) in [6.45, 7) is 16.0. The molecule has 6 aromatic carbocycles. The Labute approximate surface area is 720 Å². The topological polar surface area (TPSA) is 13.0 Å². The molecular formula is C111H148B2N4S. The van der Waals surface area contributed by atoms with Gasteiger partial charge in [-0.1, -0.05) is 308 Å². The molecule has 6 aromatic rings. The van der Waals surface area contributed by atoms with Crippen LogP contribution in [0.25, 0.3) is 22.3 Å². The molecule has 0 spiro atoms. The second-order valence-electron chi connectivity index (χ2n) is 45.0. The Balaban J connectivity index is 0.737. The Hall–Kier alpha value is -5.36. The molecule has 0 radical (unpaired) electrons. The fraction of sp³-hybridized carbons (Fsp3) is 0.640. The Morgan fingerprint density at radius 3 is 1.53 bits per heavy atom. The second-order valence-corrected chi connectivity index (χ2v) is 46.4. The van der Waals surface area contributed by atoms with Gasteiger partial charge in [0.2, 0.25) is 6.71 Å². The third-order valence-corrected chi connectivity index (χ3v) is 38.7. The summed E-state index contributed by atoms with van der Waals surface area (Å²) in [5, 5.41) is 1.16. The van der Waals surface area contributed by atoms with E-state index in [1.807, 2.05) is 0 Å². The first-order valence-electron chi connectivity index (χ1n) is 50.5. The van der Waals surface area contributed by atoms with E-state index in [1.54, 1.807) is 27.9 Å². The quantitative estimate of drug-likeness (QED) is 0.101. The van der Waals surface area contributed by atoms with Gasteiger partial charge in [-0.05, 0) is 287 Å². The highest BCUT2D eigenvalue weighted by molar-refractivity contribution is 8.01. The average molecular weight is 1590 g/mol. The number of hydrogen-bond donors (Lipinski definition) is 0. The molecule has 12 atom stereocenters. The maximum atomic E-state index is 3.50. The molecule has 624 valence electrons. The summed E-state index contributed by atoms with van der Waals surface area (Å²) in [7, 11) is 0. The van der Waals surface area contributed by atoms with Crippen molar-refractivity contribution in [3.05, 3.63) is 186 Å². The van der Waals surface area contributed by atoms with Gasteiger partial charge in [-0.2, -0.15) is 11.8 Å². The van der Waals surface area contributed by atoms with Crippen molar-refractivity contribution in [3.63, 3.8) is 0 Å². The van der Waals surface area contributed by atoms with Gasteiger partial charge in [0.1, 0.15) is 0 Å². The molecule has 0 amide bonds. The summed E-state index contributed by atoms with van der Waals surface area (Å²) in [5.74, 6) is 11.3. The van der Waals surface area contributed by atoms with Crippen molar-refractivity contribution in [2.45, 2.75) is 386 Å². The van der Waals surface area contributed by atoms with Crippen molar-refractivity contribution >= 4 is 53.4 Å². The number of rotatable bonds is 14.